The van der Waals surface area contributed by atoms with Crippen LogP contribution in [0, 0.1) is 12.7 Å². The van der Waals surface area contributed by atoms with Crippen molar-refractivity contribution in [3.8, 4) is 34.6 Å². The quantitative estimate of drug-likeness (QED) is 0.131. The molecule has 0 amide bonds. The van der Waals surface area contributed by atoms with Crippen molar-refractivity contribution in [2.75, 3.05) is 33.4 Å². The molecule has 0 bridgehead atoms. The van der Waals surface area contributed by atoms with Crippen LogP contribution in [-0.4, -0.2) is 64.1 Å². The number of hydrogen-bond donors (Lipinski definition) is 2. The first-order valence-electron chi connectivity index (χ1n) is 15.8. The Hall–Kier alpha value is -5.49. The van der Waals surface area contributed by atoms with E-state index >= 15 is 4.39 Å². The number of rotatable bonds is 11. The van der Waals surface area contributed by atoms with E-state index in [-0.39, 0.29) is 17.0 Å². The monoisotopic (exact) mass is 653 g/mol. The van der Waals surface area contributed by atoms with E-state index in [2.05, 4.69) is 19.9 Å². The van der Waals surface area contributed by atoms with Crippen molar-refractivity contribution >= 4 is 22.8 Å². The maximum Gasteiger partial charge on any atom is 0.335 e. The number of methoxy groups -OCH3 is 1. The van der Waals surface area contributed by atoms with Gasteiger partial charge in [-0.05, 0) is 75.7 Å². The SMILES string of the molecule is COc1cc2c(Oc3ccc(N=Cc4c(O)n(-c5ccc(C)cc5)c(=O)[nH]c4=O)cc3F)ccnc2cc1OCCCN1CCCCC1. The second-order valence-electron chi connectivity index (χ2n) is 11.6. The normalized spacial score (nSPS) is 13.6. The summed E-state index contributed by atoms with van der Waals surface area (Å²) in [6, 6.07) is 16.0. The van der Waals surface area contributed by atoms with E-state index in [9.17, 15) is 14.7 Å². The number of pyridine rings is 1. The van der Waals surface area contributed by atoms with E-state index in [1.165, 1.54) is 31.4 Å². The molecule has 1 fully saturated rings. The number of benzene rings is 3. The van der Waals surface area contributed by atoms with Gasteiger partial charge in [0.15, 0.2) is 23.1 Å². The number of aromatic hydroxyl groups is 1. The Balaban J connectivity index is 1.18. The van der Waals surface area contributed by atoms with Crippen LogP contribution in [0.25, 0.3) is 16.6 Å². The molecule has 6 rings (SSSR count). The Morgan fingerprint density at radius 3 is 2.52 bits per heavy atom. The summed E-state index contributed by atoms with van der Waals surface area (Å²) in [6.45, 7) is 5.69. The number of H-pyrrole nitrogens is 1. The third-order valence-corrected chi connectivity index (χ3v) is 8.20. The van der Waals surface area contributed by atoms with Crippen LogP contribution in [0.2, 0.25) is 0 Å². The number of halogens is 1. The summed E-state index contributed by atoms with van der Waals surface area (Å²) < 4.78 is 33.9. The van der Waals surface area contributed by atoms with Gasteiger partial charge < -0.3 is 24.2 Å². The second-order valence-corrected chi connectivity index (χ2v) is 11.6. The van der Waals surface area contributed by atoms with E-state index < -0.39 is 22.9 Å². The van der Waals surface area contributed by atoms with E-state index in [1.807, 2.05) is 6.92 Å². The lowest BCUT2D eigenvalue weighted by molar-refractivity contribution is 0.203. The molecule has 2 N–H and O–H groups in total. The van der Waals surface area contributed by atoms with Gasteiger partial charge in [-0.1, -0.05) is 24.1 Å². The first-order valence-corrected chi connectivity index (χ1v) is 15.8. The predicted octanol–water partition coefficient (Wildman–Crippen LogP) is 6.03. The molecule has 1 saturated heterocycles. The number of hydrogen-bond acceptors (Lipinski definition) is 9. The van der Waals surface area contributed by atoms with E-state index in [1.54, 1.807) is 55.8 Å². The maximum absolute atomic E-state index is 15.3. The molecule has 5 aromatic rings. The highest BCUT2D eigenvalue weighted by atomic mass is 19.1. The molecule has 0 aliphatic carbocycles. The third-order valence-electron chi connectivity index (χ3n) is 8.20. The van der Waals surface area contributed by atoms with Crippen LogP contribution in [-0.2, 0) is 0 Å². The van der Waals surface area contributed by atoms with Crippen molar-refractivity contribution in [3.05, 3.63) is 105 Å². The molecule has 12 heteroatoms. The highest BCUT2D eigenvalue weighted by Crippen LogP contribution is 2.38. The average Bonchev–Trinajstić information content (AvgIpc) is 3.08. The van der Waals surface area contributed by atoms with E-state index in [0.29, 0.717) is 40.4 Å². The maximum atomic E-state index is 15.3. The summed E-state index contributed by atoms with van der Waals surface area (Å²) >= 11 is 0. The minimum Gasteiger partial charge on any atom is -0.493 e. The molecule has 11 nitrogen and oxygen atoms in total. The highest BCUT2D eigenvalue weighted by Gasteiger charge is 2.16. The minimum atomic E-state index is -0.837. The molecule has 3 aromatic carbocycles. The topological polar surface area (TPSA) is 131 Å². The van der Waals surface area contributed by atoms with Gasteiger partial charge in [0, 0.05) is 36.5 Å². The van der Waals surface area contributed by atoms with Crippen LogP contribution in [0.1, 0.15) is 36.8 Å². The Morgan fingerprint density at radius 1 is 0.979 bits per heavy atom. The lowest BCUT2D eigenvalue weighted by Gasteiger charge is -2.26. The van der Waals surface area contributed by atoms with Gasteiger partial charge in [0.2, 0.25) is 5.88 Å². The summed E-state index contributed by atoms with van der Waals surface area (Å²) in [6.07, 6.45) is 7.34. The zero-order valence-electron chi connectivity index (χ0n) is 26.7. The van der Waals surface area contributed by atoms with Crippen molar-refractivity contribution in [2.45, 2.75) is 32.6 Å². The smallest absolute Gasteiger partial charge is 0.335 e. The second kappa shape index (κ2) is 14.5. The summed E-state index contributed by atoms with van der Waals surface area (Å²) in [7, 11) is 1.56. The summed E-state index contributed by atoms with van der Waals surface area (Å²) in [4.78, 5) is 38.2. The standard InChI is InChI=1S/C36H36FN5O6/c1-23-7-10-25(11-8-23)42-35(44)27(34(43)40-36(42)45)22-39-24-9-12-31(28(37)19-24)48-30-13-14-38-29-21-33(32(46-2)20-26(29)30)47-18-6-17-41-15-4-3-5-16-41/h7-14,19-22,44H,3-6,15-18H2,1-2H3,(H,40,43,45). The molecule has 1 aliphatic rings. The van der Waals surface area contributed by atoms with Gasteiger partial charge in [0.1, 0.15) is 11.3 Å². The largest absolute Gasteiger partial charge is 0.493 e. The molecule has 48 heavy (non-hydrogen) atoms. The molecule has 0 unspecified atom stereocenters. The van der Waals surface area contributed by atoms with E-state index in [4.69, 9.17) is 14.2 Å². The van der Waals surface area contributed by atoms with Crippen LogP contribution in [0.15, 0.2) is 81.4 Å². The Labute approximate surface area is 275 Å². The Morgan fingerprint density at radius 2 is 1.77 bits per heavy atom. The average molecular weight is 654 g/mol. The molecule has 248 valence electrons. The fraction of sp³-hybridized carbons (Fsp3) is 0.278. The fourth-order valence-electron chi connectivity index (χ4n) is 5.64. The first kappa shape index (κ1) is 32.5. The number of aliphatic imine (C=N–C) groups is 1. The number of fused-ring (bicyclic) bond motifs is 1. The van der Waals surface area contributed by atoms with Gasteiger partial charge in [0.25, 0.3) is 5.56 Å². The van der Waals surface area contributed by atoms with Crippen LogP contribution in [0.4, 0.5) is 10.1 Å². The summed E-state index contributed by atoms with van der Waals surface area (Å²) in [5.41, 5.74) is 0.147. The summed E-state index contributed by atoms with van der Waals surface area (Å²) in [5, 5.41) is 11.4. The van der Waals surface area contributed by atoms with Crippen LogP contribution in [0.3, 0.4) is 0 Å². The lowest BCUT2D eigenvalue weighted by Crippen LogP contribution is -2.31. The number of likely N-dealkylation sites (tertiary alicyclic amines) is 1. The zero-order valence-corrected chi connectivity index (χ0v) is 26.7. The first-order chi connectivity index (χ1) is 23.3. The molecule has 3 heterocycles. The number of aryl methyl sites for hydroxylation is 1. The van der Waals surface area contributed by atoms with Gasteiger partial charge in [0.05, 0.1) is 30.6 Å². The summed E-state index contributed by atoms with van der Waals surface area (Å²) in [5.74, 6) is 0.0732. The molecule has 0 spiro atoms. The predicted molar refractivity (Wildman–Crippen MR) is 181 cm³/mol. The fourth-order valence-corrected chi connectivity index (χ4v) is 5.64. The van der Waals surface area contributed by atoms with Crippen molar-refractivity contribution in [1.82, 2.24) is 19.4 Å². The van der Waals surface area contributed by atoms with Crippen molar-refractivity contribution in [2.24, 2.45) is 4.99 Å². The van der Waals surface area contributed by atoms with Crippen molar-refractivity contribution in [1.29, 1.82) is 0 Å². The number of nitrogens with one attached hydrogen (secondary N) is 1. The van der Waals surface area contributed by atoms with Gasteiger partial charge in [-0.25, -0.2) is 13.8 Å². The van der Waals surface area contributed by atoms with Crippen LogP contribution < -0.4 is 25.5 Å². The van der Waals surface area contributed by atoms with Crippen molar-refractivity contribution in [3.63, 3.8) is 0 Å². The van der Waals surface area contributed by atoms with Gasteiger partial charge in [-0.3, -0.25) is 19.8 Å². The zero-order chi connectivity index (χ0) is 33.6. The van der Waals surface area contributed by atoms with Crippen LogP contribution in [0.5, 0.6) is 28.9 Å². The number of aromatic amines is 1. The minimum absolute atomic E-state index is 0.0629. The van der Waals surface area contributed by atoms with Crippen molar-refractivity contribution < 1.29 is 23.7 Å². The number of aromatic nitrogens is 3. The van der Waals surface area contributed by atoms with E-state index in [0.717, 1.165) is 48.5 Å². The Bertz CT molecular complexity index is 2070. The molecule has 0 saturated carbocycles. The van der Waals surface area contributed by atoms with Gasteiger partial charge in [-0.15, -0.1) is 0 Å². The number of nitrogens with zero attached hydrogens (tertiary/aromatic N) is 4. The Kier molecular flexibility index (Phi) is 9.81. The van der Waals surface area contributed by atoms with Gasteiger partial charge in [-0.2, -0.15) is 0 Å². The number of ether oxygens (including phenoxy) is 3. The van der Waals surface area contributed by atoms with Crippen LogP contribution >= 0.6 is 0 Å². The molecule has 1 aliphatic heterocycles. The lowest BCUT2D eigenvalue weighted by atomic mass is 10.1. The molecular formula is C36H36FN5O6. The highest BCUT2D eigenvalue weighted by molar-refractivity contribution is 5.88. The third kappa shape index (κ3) is 7.23. The molecule has 2 aromatic heterocycles. The molecule has 0 atom stereocenters. The molecule has 0 radical (unpaired) electrons. The van der Waals surface area contributed by atoms with Gasteiger partial charge >= 0.3 is 5.69 Å². The number of piperidine rings is 1. The molecular weight excluding hydrogens is 617 g/mol.